The highest BCUT2D eigenvalue weighted by molar-refractivity contribution is 5.82. The van der Waals surface area contributed by atoms with Gasteiger partial charge in [0.25, 0.3) is 0 Å². The van der Waals surface area contributed by atoms with Gasteiger partial charge in [0.1, 0.15) is 5.75 Å². The van der Waals surface area contributed by atoms with Crippen LogP contribution in [0.1, 0.15) is 31.9 Å². The number of nitrogens with zero attached hydrogens (tertiary/aromatic N) is 1. The predicted molar refractivity (Wildman–Crippen MR) is 81.6 cm³/mol. The maximum atomic E-state index is 12.3. The fourth-order valence-electron chi connectivity index (χ4n) is 1.97. The number of methoxy groups -OCH3 is 1. The second kappa shape index (κ2) is 6.27. The highest BCUT2D eigenvalue weighted by Gasteiger charge is 2.29. The van der Waals surface area contributed by atoms with E-state index in [9.17, 15) is 4.79 Å². The molecule has 0 aliphatic heterocycles. The smallest absolute Gasteiger partial charge is 0.240 e. The number of hydrogen-bond acceptors (Lipinski definition) is 3. The third kappa shape index (κ3) is 3.97. The lowest BCUT2D eigenvalue weighted by molar-refractivity contribution is -0.134. The first-order valence-electron chi connectivity index (χ1n) is 6.81. The molecule has 0 aliphatic carbocycles. The third-order valence-corrected chi connectivity index (χ3v) is 3.42. The van der Waals surface area contributed by atoms with Gasteiger partial charge < -0.3 is 15.4 Å². The van der Waals surface area contributed by atoms with Crippen molar-refractivity contribution in [3.63, 3.8) is 0 Å². The molecule has 1 atom stereocenters. The van der Waals surface area contributed by atoms with Gasteiger partial charge in [0, 0.05) is 19.2 Å². The van der Waals surface area contributed by atoms with Crippen LogP contribution in [0.4, 0.5) is 0 Å². The van der Waals surface area contributed by atoms with E-state index < -0.39 is 6.04 Å². The molecule has 0 saturated heterocycles. The van der Waals surface area contributed by atoms with E-state index in [4.69, 9.17) is 10.5 Å². The Bertz CT molecular complexity index is 478. The van der Waals surface area contributed by atoms with Gasteiger partial charge >= 0.3 is 0 Å². The topological polar surface area (TPSA) is 55.6 Å². The summed E-state index contributed by atoms with van der Waals surface area (Å²) >= 11 is 0. The lowest BCUT2D eigenvalue weighted by atomic mass is 9.86. The Morgan fingerprint density at radius 2 is 2.00 bits per heavy atom. The van der Waals surface area contributed by atoms with Crippen LogP contribution in [0.3, 0.4) is 0 Å². The van der Waals surface area contributed by atoms with Crippen molar-refractivity contribution in [3.8, 4) is 5.75 Å². The number of hydrogen-bond donors (Lipinski definition) is 1. The van der Waals surface area contributed by atoms with Gasteiger partial charge in [-0.15, -0.1) is 0 Å². The van der Waals surface area contributed by atoms with Gasteiger partial charge in [-0.05, 0) is 18.4 Å². The molecule has 0 heterocycles. The van der Waals surface area contributed by atoms with Crippen molar-refractivity contribution >= 4 is 5.91 Å². The first-order valence-corrected chi connectivity index (χ1v) is 6.81. The number of likely N-dealkylation sites (N-methyl/N-ethyl adjacent to an activating group) is 1. The molecule has 0 aliphatic rings. The summed E-state index contributed by atoms with van der Waals surface area (Å²) in [6.07, 6.45) is 0. The average Bonchev–Trinajstić information content (AvgIpc) is 2.36. The van der Waals surface area contributed by atoms with Crippen LogP contribution in [-0.4, -0.2) is 31.0 Å². The van der Waals surface area contributed by atoms with Crippen molar-refractivity contribution < 1.29 is 9.53 Å². The van der Waals surface area contributed by atoms with Gasteiger partial charge in [-0.1, -0.05) is 38.5 Å². The first-order chi connectivity index (χ1) is 9.16. The predicted octanol–water partition coefficient (Wildman–Crippen LogP) is 2.34. The van der Waals surface area contributed by atoms with Crippen LogP contribution in [-0.2, 0) is 11.3 Å². The highest BCUT2D eigenvalue weighted by Crippen LogP contribution is 2.23. The van der Waals surface area contributed by atoms with Gasteiger partial charge in [-0.2, -0.15) is 0 Å². The number of rotatable bonds is 4. The van der Waals surface area contributed by atoms with E-state index in [1.165, 1.54) is 0 Å². The van der Waals surface area contributed by atoms with Gasteiger partial charge in [0.2, 0.25) is 5.91 Å². The van der Waals surface area contributed by atoms with E-state index in [1.54, 1.807) is 19.1 Å². The van der Waals surface area contributed by atoms with Crippen molar-refractivity contribution in [1.82, 2.24) is 4.90 Å². The van der Waals surface area contributed by atoms with E-state index in [1.807, 2.05) is 45.9 Å². The summed E-state index contributed by atoms with van der Waals surface area (Å²) in [7, 11) is 3.41. The van der Waals surface area contributed by atoms with Crippen LogP contribution < -0.4 is 10.5 Å². The van der Waals surface area contributed by atoms with Crippen LogP contribution in [0, 0.1) is 12.3 Å². The number of benzene rings is 1. The molecule has 0 spiro atoms. The minimum Gasteiger partial charge on any atom is -0.496 e. The Morgan fingerprint density at radius 3 is 2.50 bits per heavy atom. The first kappa shape index (κ1) is 16.5. The van der Waals surface area contributed by atoms with E-state index in [0.29, 0.717) is 6.54 Å². The zero-order chi connectivity index (χ0) is 15.5. The molecule has 20 heavy (non-hydrogen) atoms. The zero-order valence-electron chi connectivity index (χ0n) is 13.4. The fraction of sp³-hybridized carbons (Fsp3) is 0.562. The molecule has 1 aromatic rings. The standard InChI is InChI=1S/C16H26N2O2/c1-11-7-8-13(20-6)12(9-11)10-18(5)15(19)14(17)16(2,3)4/h7-9,14H,10,17H2,1-6H3. The average molecular weight is 278 g/mol. The number of carbonyl (C=O) groups is 1. The lowest BCUT2D eigenvalue weighted by Crippen LogP contribution is -2.48. The summed E-state index contributed by atoms with van der Waals surface area (Å²) in [5.41, 5.74) is 7.91. The fourth-order valence-corrected chi connectivity index (χ4v) is 1.97. The van der Waals surface area contributed by atoms with Crippen LogP contribution in [0.2, 0.25) is 0 Å². The summed E-state index contributed by atoms with van der Waals surface area (Å²) in [4.78, 5) is 14.0. The van der Waals surface area contributed by atoms with Crippen molar-refractivity contribution in [2.24, 2.45) is 11.1 Å². The molecule has 0 bridgehead atoms. The Labute approximate surface area is 121 Å². The molecule has 112 valence electrons. The second-order valence-electron chi connectivity index (χ2n) is 6.35. The van der Waals surface area contributed by atoms with Crippen LogP contribution in [0.25, 0.3) is 0 Å². The van der Waals surface area contributed by atoms with Crippen molar-refractivity contribution in [2.45, 2.75) is 40.3 Å². The van der Waals surface area contributed by atoms with E-state index in [2.05, 4.69) is 0 Å². The Morgan fingerprint density at radius 1 is 1.40 bits per heavy atom. The second-order valence-corrected chi connectivity index (χ2v) is 6.35. The molecule has 0 fully saturated rings. The number of carbonyl (C=O) groups excluding carboxylic acids is 1. The van der Waals surface area contributed by atoms with E-state index in [0.717, 1.165) is 16.9 Å². The maximum absolute atomic E-state index is 12.3. The summed E-state index contributed by atoms with van der Waals surface area (Å²) < 4.78 is 5.34. The summed E-state index contributed by atoms with van der Waals surface area (Å²) in [6, 6.07) is 5.44. The monoisotopic (exact) mass is 278 g/mol. The molecule has 0 saturated carbocycles. The number of aryl methyl sites for hydroxylation is 1. The molecule has 4 heteroatoms. The molecule has 2 N–H and O–H groups in total. The summed E-state index contributed by atoms with van der Waals surface area (Å²) in [6.45, 7) is 8.42. The molecule has 1 amide bonds. The van der Waals surface area contributed by atoms with Crippen molar-refractivity contribution in [2.75, 3.05) is 14.2 Å². The van der Waals surface area contributed by atoms with Gasteiger partial charge in [0.05, 0.1) is 13.2 Å². The quantitative estimate of drug-likeness (QED) is 0.919. The minimum atomic E-state index is -0.511. The Hall–Kier alpha value is -1.55. The molecule has 1 aromatic carbocycles. The van der Waals surface area contributed by atoms with Crippen LogP contribution in [0.15, 0.2) is 18.2 Å². The Kier molecular flexibility index (Phi) is 5.17. The number of ether oxygens (including phenoxy) is 1. The van der Waals surface area contributed by atoms with Crippen LogP contribution in [0.5, 0.6) is 5.75 Å². The van der Waals surface area contributed by atoms with Crippen molar-refractivity contribution in [1.29, 1.82) is 0 Å². The molecule has 1 rings (SSSR count). The lowest BCUT2D eigenvalue weighted by Gasteiger charge is -2.30. The number of amides is 1. The van der Waals surface area contributed by atoms with E-state index >= 15 is 0 Å². The van der Waals surface area contributed by atoms with Crippen LogP contribution >= 0.6 is 0 Å². The van der Waals surface area contributed by atoms with Gasteiger partial charge in [-0.25, -0.2) is 0 Å². The summed E-state index contributed by atoms with van der Waals surface area (Å²) in [5.74, 6) is 0.737. The minimum absolute atomic E-state index is 0.0546. The summed E-state index contributed by atoms with van der Waals surface area (Å²) in [5, 5.41) is 0. The maximum Gasteiger partial charge on any atom is 0.240 e. The van der Waals surface area contributed by atoms with Gasteiger partial charge in [-0.3, -0.25) is 4.79 Å². The molecular weight excluding hydrogens is 252 g/mol. The molecular formula is C16H26N2O2. The van der Waals surface area contributed by atoms with Crippen molar-refractivity contribution in [3.05, 3.63) is 29.3 Å². The Balaban J connectivity index is 2.88. The molecule has 4 nitrogen and oxygen atoms in total. The largest absolute Gasteiger partial charge is 0.496 e. The molecule has 1 unspecified atom stereocenters. The number of nitrogens with two attached hydrogens (primary N) is 1. The highest BCUT2D eigenvalue weighted by atomic mass is 16.5. The van der Waals surface area contributed by atoms with Gasteiger partial charge in [0.15, 0.2) is 0 Å². The SMILES string of the molecule is COc1ccc(C)cc1CN(C)C(=O)C(N)C(C)(C)C. The third-order valence-electron chi connectivity index (χ3n) is 3.42. The normalized spacial score (nSPS) is 12.9. The molecule has 0 aromatic heterocycles. The van der Waals surface area contributed by atoms with E-state index in [-0.39, 0.29) is 11.3 Å². The molecule has 0 radical (unpaired) electrons. The zero-order valence-corrected chi connectivity index (χ0v) is 13.4.